The Morgan fingerprint density at radius 2 is 1.80 bits per heavy atom. The van der Waals surface area contributed by atoms with E-state index in [1.165, 1.54) is 23.8 Å². The molecule has 12 rings (SSSR count). The second kappa shape index (κ2) is 17.7. The Hall–Kier alpha value is -3.44. The number of phenolic OH excluding ortho intramolecular Hbond substituents is 3. The molecule has 1 saturated heterocycles. The van der Waals surface area contributed by atoms with Crippen LogP contribution in [0.2, 0.25) is 0 Å². The van der Waals surface area contributed by atoms with E-state index in [1.54, 1.807) is 22.9 Å². The molecule has 8 bridgehead atoms. The largest absolute Gasteiger partial charge is 0.670 e. The first-order valence-corrected chi connectivity index (χ1v) is 27.2. The van der Waals surface area contributed by atoms with Crippen LogP contribution < -0.4 is 23.9 Å². The minimum absolute atomic E-state index is 0.00243. The summed E-state index contributed by atoms with van der Waals surface area (Å²) < 4.78 is 25.7. The molecule has 8 aliphatic rings. The highest BCUT2D eigenvalue weighted by Crippen LogP contribution is 2.68. The zero-order valence-corrected chi connectivity index (χ0v) is 39.5. The highest BCUT2D eigenvalue weighted by Gasteiger charge is 2.61. The minimum Gasteiger partial charge on any atom is -0.670 e. The zero-order chi connectivity index (χ0) is 44.5. The Balaban J connectivity index is 1.25. The van der Waals surface area contributed by atoms with Crippen LogP contribution in [0.5, 0.6) is 40.2 Å². The zero-order valence-electron chi connectivity index (χ0n) is 36.2. The van der Waals surface area contributed by atoms with E-state index in [1.807, 2.05) is 63.0 Å². The topological polar surface area (TPSA) is 172 Å². The van der Waals surface area contributed by atoms with E-state index >= 15 is 0 Å². The molecule has 3 aliphatic carbocycles. The molecule has 0 amide bonds. The Morgan fingerprint density at radius 1 is 0.953 bits per heavy atom. The van der Waals surface area contributed by atoms with Crippen molar-refractivity contribution >= 4 is 48.7 Å². The maximum atomic E-state index is 13.4. The number of aromatic hydroxyl groups is 3. The number of aliphatic hydroxyl groups excluding tert-OH is 3. The standard InChI is InChI=1S/C49H56NO10S4/c1-25(2)10-14-58-37-19-34(44(54)46(57-3)45(37)55)49-11-8-38-42(47(49)56)41-36(60-49)20-35(59-15-13-51)40-29-6-5-28(53)18-31(29)33-7-4-26-16-30(27-9-12-50-21-27)32(39(17-26)64-63-38)22-61-62-24-48(33,23-52)43(40)41/h5-6,9,12,18-21,25-26,33,38-39,42,47,51-56H,4,7-8,10-11,13-17,22-24H2,1-3H3/q-1. The van der Waals surface area contributed by atoms with Gasteiger partial charge in [0.1, 0.15) is 30.0 Å². The van der Waals surface area contributed by atoms with Crippen molar-refractivity contribution in [1.82, 2.24) is 4.98 Å². The van der Waals surface area contributed by atoms with Crippen LogP contribution in [0, 0.1) is 11.8 Å². The van der Waals surface area contributed by atoms with Gasteiger partial charge < -0.3 is 54.6 Å². The molecular weight excluding hydrogens is 891 g/mol. The first kappa shape index (κ1) is 44.4. The summed E-state index contributed by atoms with van der Waals surface area (Å²) >= 11 is 0. The van der Waals surface area contributed by atoms with Crippen molar-refractivity contribution in [3.05, 3.63) is 82.2 Å². The number of allylic oxidation sites excluding steroid dienone is 1. The van der Waals surface area contributed by atoms with Gasteiger partial charge in [-0.05, 0) is 114 Å². The maximum Gasteiger partial charge on any atom is 0.207 e. The Kier molecular flexibility index (Phi) is 12.2. The molecule has 1 aromatic heterocycles. The van der Waals surface area contributed by atoms with Gasteiger partial charge in [0.05, 0.1) is 26.9 Å². The normalized spacial score (nSPS) is 29.2. The van der Waals surface area contributed by atoms with Gasteiger partial charge in [0.15, 0.2) is 17.1 Å². The molecule has 1 saturated carbocycles. The third-order valence-electron chi connectivity index (χ3n) is 14.7. The Bertz CT molecular complexity index is 2440. The van der Waals surface area contributed by atoms with Crippen LogP contribution in [0.3, 0.4) is 0 Å². The number of benzene rings is 3. The minimum atomic E-state index is -1.52. The predicted octanol–water partition coefficient (Wildman–Crippen LogP) is 9.26. The molecule has 6 N–H and O–H groups in total. The molecule has 0 radical (unpaired) electrons. The highest BCUT2D eigenvalue weighted by molar-refractivity contribution is 8.77. The van der Waals surface area contributed by atoms with Gasteiger partial charge in [0.2, 0.25) is 11.5 Å². The summed E-state index contributed by atoms with van der Waals surface area (Å²) in [6.45, 7) is 4.05. The molecule has 2 fully saturated rings. The number of aliphatic hydroxyl groups is 3. The molecule has 342 valence electrons. The molecule has 8 unspecified atom stereocenters. The van der Waals surface area contributed by atoms with Crippen molar-refractivity contribution in [1.29, 1.82) is 0 Å². The van der Waals surface area contributed by atoms with Gasteiger partial charge in [0.25, 0.3) is 0 Å². The first-order valence-electron chi connectivity index (χ1n) is 22.4. The number of nitrogens with zero attached hydrogens (tertiary/aromatic N) is 1. The number of rotatable bonds is 11. The Labute approximate surface area is 389 Å². The van der Waals surface area contributed by atoms with Crippen LogP contribution in [-0.4, -0.2) is 92.3 Å². The van der Waals surface area contributed by atoms with Gasteiger partial charge in [-0.15, -0.1) is 0 Å². The summed E-state index contributed by atoms with van der Waals surface area (Å²) in [6.07, 6.45) is 7.91. The van der Waals surface area contributed by atoms with Crippen LogP contribution in [0.1, 0.15) is 98.4 Å². The van der Waals surface area contributed by atoms with Gasteiger partial charge >= 0.3 is 0 Å². The second-order valence-corrected chi connectivity index (χ2v) is 23.8. The van der Waals surface area contributed by atoms with E-state index in [0.717, 1.165) is 65.7 Å². The molecule has 0 spiro atoms. The number of methoxy groups -OCH3 is 1. The fraction of sp³-hybridized carbons (Fsp3) is 0.510. The van der Waals surface area contributed by atoms with Crippen molar-refractivity contribution in [2.24, 2.45) is 11.8 Å². The molecule has 6 heterocycles. The van der Waals surface area contributed by atoms with Gasteiger partial charge in [-0.2, -0.15) is 12.4 Å². The van der Waals surface area contributed by atoms with E-state index < -0.39 is 23.0 Å². The fourth-order valence-corrected chi connectivity index (χ4v) is 18.2. The second-order valence-electron chi connectivity index (χ2n) is 18.6. The summed E-state index contributed by atoms with van der Waals surface area (Å²) in [5, 5.41) is 70.7. The van der Waals surface area contributed by atoms with Crippen LogP contribution in [0.25, 0.3) is 16.7 Å². The fourth-order valence-electron chi connectivity index (χ4n) is 11.6. The van der Waals surface area contributed by atoms with E-state index in [4.69, 9.17) is 18.9 Å². The third-order valence-corrected chi connectivity index (χ3v) is 20.5. The van der Waals surface area contributed by atoms with Crippen molar-refractivity contribution in [2.45, 2.75) is 98.2 Å². The summed E-state index contributed by atoms with van der Waals surface area (Å²) in [7, 11) is 8.69. The van der Waals surface area contributed by atoms with Crippen LogP contribution in [0.15, 0.2) is 54.4 Å². The van der Waals surface area contributed by atoms with Crippen molar-refractivity contribution in [3.8, 4) is 51.4 Å². The van der Waals surface area contributed by atoms with E-state index in [2.05, 4.69) is 24.9 Å². The van der Waals surface area contributed by atoms with E-state index in [0.29, 0.717) is 48.5 Å². The molecule has 8 atom stereocenters. The number of hydrogen-bond acceptors (Lipinski definition) is 14. The number of hydrogen-bond donors (Lipinski definition) is 6. The summed E-state index contributed by atoms with van der Waals surface area (Å²) in [5.41, 5.74) is 6.08. The lowest BCUT2D eigenvalue weighted by atomic mass is 9.56. The molecule has 11 nitrogen and oxygen atoms in total. The SMILES string of the molecule is COc1c(O)c(OCCC(C)C)cc(C23CCC4SSC5CC6CCC7c8cc(O)ccc8-c8c(OCCO)cc(c(c8C7(CO)CSSCC5=C(c5cc[n-]c5)C6)C4C2O)O3)c1O. The van der Waals surface area contributed by atoms with Gasteiger partial charge in [-0.3, -0.25) is 0 Å². The lowest BCUT2D eigenvalue weighted by molar-refractivity contribution is -0.112. The van der Waals surface area contributed by atoms with Crippen LogP contribution in [0.4, 0.5) is 0 Å². The summed E-state index contributed by atoms with van der Waals surface area (Å²) in [6, 6.07) is 11.1. The van der Waals surface area contributed by atoms with E-state index in [-0.39, 0.29) is 70.5 Å². The smallest absolute Gasteiger partial charge is 0.207 e. The van der Waals surface area contributed by atoms with Crippen molar-refractivity contribution in [3.63, 3.8) is 0 Å². The molecular formula is C49H56NO10S4-. The van der Waals surface area contributed by atoms with Crippen molar-refractivity contribution in [2.75, 3.05) is 45.0 Å². The van der Waals surface area contributed by atoms with E-state index in [9.17, 15) is 30.6 Å². The number of phenols is 3. The van der Waals surface area contributed by atoms with Gasteiger partial charge in [-0.25, -0.2) is 0 Å². The molecule has 15 heteroatoms. The first-order chi connectivity index (χ1) is 31.0. The van der Waals surface area contributed by atoms with Crippen molar-refractivity contribution < 1.29 is 49.6 Å². The maximum absolute atomic E-state index is 13.4. The number of aromatic nitrogens is 1. The predicted molar refractivity (Wildman–Crippen MR) is 256 cm³/mol. The van der Waals surface area contributed by atoms with Crippen LogP contribution >= 0.6 is 43.2 Å². The van der Waals surface area contributed by atoms with Gasteiger partial charge in [0, 0.05) is 56.1 Å². The molecule has 4 aromatic rings. The van der Waals surface area contributed by atoms with Crippen LogP contribution in [-0.2, 0) is 11.0 Å². The molecule has 64 heavy (non-hydrogen) atoms. The highest BCUT2D eigenvalue weighted by atomic mass is 33.1. The summed E-state index contributed by atoms with van der Waals surface area (Å²) in [5.74, 6) is 1.63. The lowest BCUT2D eigenvalue weighted by Gasteiger charge is -2.55. The average Bonchev–Trinajstić information content (AvgIpc) is 3.82. The lowest BCUT2D eigenvalue weighted by Crippen LogP contribution is -2.57. The third kappa shape index (κ3) is 7.16. The molecule has 5 aliphatic heterocycles. The quantitative estimate of drug-likeness (QED) is 0.0786. The average molecular weight is 947 g/mol. The number of ether oxygens (including phenoxy) is 4. The molecule has 3 aromatic carbocycles. The Morgan fingerprint density at radius 3 is 2.56 bits per heavy atom. The van der Waals surface area contributed by atoms with Gasteiger partial charge in [-0.1, -0.05) is 69.2 Å². The number of fused-ring (bicyclic) bond motifs is 5. The summed E-state index contributed by atoms with van der Waals surface area (Å²) in [4.78, 5) is 4.50. The monoisotopic (exact) mass is 946 g/mol.